The molecule has 4 rings (SSSR count). The van der Waals surface area contributed by atoms with Crippen LogP contribution < -0.4 is 22.1 Å². The molecular weight excluding hydrogens is 534 g/mol. The van der Waals surface area contributed by atoms with Crippen LogP contribution in [0.3, 0.4) is 0 Å². The molecule has 1 amide bonds. The molecule has 0 bridgehead atoms. The van der Waals surface area contributed by atoms with Gasteiger partial charge in [0.1, 0.15) is 0 Å². The molecule has 0 aromatic carbocycles. The zero-order valence-electron chi connectivity index (χ0n) is 26.0. The smallest absolute Gasteiger partial charge is 0.228 e. The Labute approximate surface area is 254 Å². The summed E-state index contributed by atoms with van der Waals surface area (Å²) < 4.78 is 0. The molecule has 1 spiro atoms. The zero-order valence-corrected chi connectivity index (χ0v) is 26.8. The van der Waals surface area contributed by atoms with Crippen molar-refractivity contribution in [3.05, 3.63) is 11.1 Å². The van der Waals surface area contributed by atoms with Gasteiger partial charge in [0.15, 0.2) is 0 Å². The number of allylic oxidation sites excluding steroid dienone is 2. The van der Waals surface area contributed by atoms with Crippen LogP contribution in [-0.2, 0) is 4.79 Å². The molecule has 6 atom stereocenters. The van der Waals surface area contributed by atoms with Crippen molar-refractivity contribution >= 4 is 23.7 Å². The van der Waals surface area contributed by atoms with Gasteiger partial charge in [-0.25, -0.2) is 0 Å². The number of nitrogens with two attached hydrogens (primary N) is 2. The van der Waals surface area contributed by atoms with Gasteiger partial charge >= 0.3 is 0 Å². The minimum Gasteiger partial charge on any atom is -0.350 e. The lowest BCUT2D eigenvalue weighted by atomic mass is 9.66. The Morgan fingerprint density at radius 3 is 2.71 bits per heavy atom. The Morgan fingerprint density at radius 2 is 2.00 bits per heavy atom. The number of piperidine rings is 1. The molecule has 1 aliphatic carbocycles. The van der Waals surface area contributed by atoms with E-state index in [0.29, 0.717) is 17.1 Å². The van der Waals surface area contributed by atoms with Crippen molar-refractivity contribution in [3.8, 4) is 0 Å². The number of hydrogen-bond acceptors (Lipinski definition) is 7. The van der Waals surface area contributed by atoms with Crippen LogP contribution in [-0.4, -0.2) is 91.5 Å². The fourth-order valence-electron chi connectivity index (χ4n) is 7.96. The molecule has 3 fully saturated rings. The van der Waals surface area contributed by atoms with Crippen LogP contribution >= 0.6 is 11.6 Å². The van der Waals surface area contributed by atoms with Crippen LogP contribution in [0.15, 0.2) is 16.1 Å². The summed E-state index contributed by atoms with van der Waals surface area (Å²) >= 11 is 6.53. The average Bonchev–Trinajstić information content (AvgIpc) is 2.95. The third-order valence-corrected chi connectivity index (χ3v) is 10.9. The predicted octanol–water partition coefficient (Wildman–Crippen LogP) is 3.97. The highest BCUT2D eigenvalue weighted by Gasteiger charge is 2.44. The highest BCUT2D eigenvalue weighted by molar-refractivity contribution is 6.39. The van der Waals surface area contributed by atoms with Crippen LogP contribution in [0.2, 0.25) is 0 Å². The number of carbonyl (C=O) groups is 1. The number of amides is 1. The summed E-state index contributed by atoms with van der Waals surface area (Å²) in [6.07, 6.45) is 17.8. The molecular formula is C32H58ClN7O. The predicted molar refractivity (Wildman–Crippen MR) is 171 cm³/mol. The van der Waals surface area contributed by atoms with Gasteiger partial charge in [-0.1, -0.05) is 69.5 Å². The van der Waals surface area contributed by atoms with E-state index in [0.717, 1.165) is 64.7 Å². The van der Waals surface area contributed by atoms with Gasteiger partial charge in [-0.15, -0.1) is 0 Å². The van der Waals surface area contributed by atoms with E-state index in [9.17, 15) is 4.79 Å². The molecule has 4 aliphatic rings. The first kappa shape index (κ1) is 32.9. The van der Waals surface area contributed by atoms with E-state index in [1.165, 1.54) is 44.9 Å². The minimum atomic E-state index is -0.790. The van der Waals surface area contributed by atoms with Crippen molar-refractivity contribution in [2.75, 3.05) is 33.2 Å². The molecule has 1 saturated carbocycles. The fraction of sp³-hybridized carbons (Fsp3) is 0.875. The second-order valence-electron chi connectivity index (χ2n) is 13.6. The number of halogens is 1. The molecule has 9 heteroatoms. The fourth-order valence-corrected chi connectivity index (χ4v) is 8.09. The monoisotopic (exact) mass is 591 g/mol. The van der Waals surface area contributed by atoms with E-state index in [4.69, 9.17) is 28.1 Å². The maximum absolute atomic E-state index is 14.3. The van der Waals surface area contributed by atoms with E-state index < -0.39 is 12.1 Å². The molecule has 234 valence electrons. The lowest BCUT2D eigenvalue weighted by Crippen LogP contribution is -2.68. The van der Waals surface area contributed by atoms with Crippen LogP contribution in [0.1, 0.15) is 97.3 Å². The maximum atomic E-state index is 14.3. The second kappa shape index (κ2) is 15.6. The number of aliphatic imine (C=N–C) groups is 1. The number of carbonyl (C=O) groups excluding carboxylic acids is 1. The van der Waals surface area contributed by atoms with Crippen molar-refractivity contribution in [2.24, 2.45) is 27.8 Å². The molecule has 3 aliphatic heterocycles. The highest BCUT2D eigenvalue weighted by Crippen LogP contribution is 2.46. The van der Waals surface area contributed by atoms with Gasteiger partial charge in [-0.05, 0) is 64.5 Å². The van der Waals surface area contributed by atoms with Gasteiger partial charge in [0, 0.05) is 44.0 Å². The van der Waals surface area contributed by atoms with Gasteiger partial charge in [-0.3, -0.25) is 14.7 Å². The van der Waals surface area contributed by atoms with Crippen molar-refractivity contribution in [3.63, 3.8) is 0 Å². The van der Waals surface area contributed by atoms with E-state index in [1.807, 2.05) is 0 Å². The molecule has 0 aromatic heterocycles. The number of hydrogen-bond donors (Lipinski definition) is 4. The first-order valence-electron chi connectivity index (χ1n) is 16.6. The Balaban J connectivity index is 1.56. The molecule has 6 N–H and O–H groups in total. The molecule has 41 heavy (non-hydrogen) atoms. The average molecular weight is 592 g/mol. The second-order valence-corrected chi connectivity index (χ2v) is 14.1. The Morgan fingerprint density at radius 1 is 1.22 bits per heavy atom. The first-order valence-corrected chi connectivity index (χ1v) is 17.0. The summed E-state index contributed by atoms with van der Waals surface area (Å²) in [5.74, 6) is -0.643. The van der Waals surface area contributed by atoms with Gasteiger partial charge < -0.3 is 27.0 Å². The third-order valence-electron chi connectivity index (χ3n) is 10.6. The Kier molecular flexibility index (Phi) is 12.5. The molecule has 8 nitrogen and oxygen atoms in total. The first-order chi connectivity index (χ1) is 19.7. The standard InChI is InChI=1S/C32H58ClN7O/c1-4-5-6-8-11-25-29(27(13-17-36-25)40-19-18-39(3)23(2)22-40)38-31(41)28(30(34)35)26-20-32(14-9-7-10-15-32)16-12-24(33)21-37-26/h12,21,23,25-30,36H,4-11,13-20,22,34-35H2,1-3H3,(H,38,41)/b24-12+,37-21-. The summed E-state index contributed by atoms with van der Waals surface area (Å²) in [7, 11) is 2.21. The summed E-state index contributed by atoms with van der Waals surface area (Å²) in [4.78, 5) is 24.3. The van der Waals surface area contributed by atoms with Crippen LogP contribution in [0.5, 0.6) is 0 Å². The van der Waals surface area contributed by atoms with Crippen molar-refractivity contribution in [1.29, 1.82) is 0 Å². The summed E-state index contributed by atoms with van der Waals surface area (Å²) in [5.41, 5.74) is 13.0. The normalized spacial score (nSPS) is 34.4. The number of nitrogens with one attached hydrogen (secondary N) is 2. The SMILES string of the molecule is CCCCCCC1NCCC(N2CCN(C)C(C)C2)C1NC(=O)C(C(N)N)C1CC2(C/C=C(Cl)\C=N/1)CCCCC2. The van der Waals surface area contributed by atoms with Crippen LogP contribution in [0.4, 0.5) is 0 Å². The topological polar surface area (TPSA) is 112 Å². The summed E-state index contributed by atoms with van der Waals surface area (Å²) in [6, 6.07) is 0.765. The van der Waals surface area contributed by atoms with E-state index in [-0.39, 0.29) is 29.4 Å². The third kappa shape index (κ3) is 8.76. The minimum absolute atomic E-state index is 0.0133. The number of piperazine rings is 1. The van der Waals surface area contributed by atoms with Crippen molar-refractivity contribution in [1.82, 2.24) is 20.4 Å². The Hall–Kier alpha value is -1.03. The summed E-state index contributed by atoms with van der Waals surface area (Å²) in [5, 5.41) is 8.00. The van der Waals surface area contributed by atoms with Gasteiger partial charge in [0.2, 0.25) is 5.91 Å². The number of nitrogens with zero attached hydrogens (tertiary/aromatic N) is 3. The van der Waals surface area contributed by atoms with Gasteiger partial charge in [-0.2, -0.15) is 0 Å². The van der Waals surface area contributed by atoms with Gasteiger partial charge in [0.25, 0.3) is 0 Å². The molecule has 6 unspecified atom stereocenters. The van der Waals surface area contributed by atoms with E-state index in [2.05, 4.69) is 47.4 Å². The number of likely N-dealkylation sites (N-methyl/N-ethyl adjacent to an activating group) is 1. The van der Waals surface area contributed by atoms with Crippen molar-refractivity contribution < 1.29 is 4.79 Å². The quantitative estimate of drug-likeness (QED) is 0.226. The van der Waals surface area contributed by atoms with Crippen molar-refractivity contribution in [2.45, 2.75) is 134 Å². The molecule has 3 heterocycles. The molecule has 2 saturated heterocycles. The van der Waals surface area contributed by atoms with Crippen LogP contribution in [0, 0.1) is 11.3 Å². The Bertz CT molecular complexity index is 889. The lowest BCUT2D eigenvalue weighted by molar-refractivity contribution is -0.128. The largest absolute Gasteiger partial charge is 0.350 e. The molecule has 0 radical (unpaired) electrons. The summed E-state index contributed by atoms with van der Waals surface area (Å²) in [6.45, 7) is 8.64. The zero-order chi connectivity index (χ0) is 29.4. The lowest BCUT2D eigenvalue weighted by Gasteiger charge is -2.49. The molecule has 0 aromatic rings. The maximum Gasteiger partial charge on any atom is 0.228 e. The highest BCUT2D eigenvalue weighted by atomic mass is 35.5. The van der Waals surface area contributed by atoms with Crippen LogP contribution in [0.25, 0.3) is 0 Å². The van der Waals surface area contributed by atoms with Gasteiger partial charge in [0.05, 0.1) is 29.2 Å². The van der Waals surface area contributed by atoms with E-state index >= 15 is 0 Å². The number of rotatable bonds is 10. The van der Waals surface area contributed by atoms with E-state index in [1.54, 1.807) is 6.21 Å². The number of unbranched alkanes of at least 4 members (excludes halogenated alkanes) is 3.